The number of Topliss-reactive ketones (excluding diaryl/α,β-unsaturated/α-hetero) is 1. The lowest BCUT2D eigenvalue weighted by molar-refractivity contribution is 0.0929. The number of ketones is 1. The van der Waals surface area contributed by atoms with Crippen molar-refractivity contribution in [1.82, 2.24) is 4.90 Å². The summed E-state index contributed by atoms with van der Waals surface area (Å²) in [4.78, 5) is 13.9. The highest BCUT2D eigenvalue weighted by atomic mass is 16.1. The Balaban J connectivity index is 2.65. The first-order valence-corrected chi connectivity index (χ1v) is 5.31. The van der Waals surface area contributed by atoms with Gasteiger partial charge in [0.2, 0.25) is 0 Å². The molecule has 2 heteroatoms. The number of aryl methyl sites for hydroxylation is 1. The van der Waals surface area contributed by atoms with Gasteiger partial charge in [0.25, 0.3) is 0 Å². The second-order valence-corrected chi connectivity index (χ2v) is 4.30. The van der Waals surface area contributed by atoms with Crippen LogP contribution < -0.4 is 0 Å². The largest absolute Gasteiger partial charge is 0.296 e. The van der Waals surface area contributed by atoms with E-state index in [0.717, 1.165) is 5.56 Å². The lowest BCUT2D eigenvalue weighted by atomic mass is 10.1. The van der Waals surface area contributed by atoms with Crippen molar-refractivity contribution in [1.29, 1.82) is 0 Å². The second kappa shape index (κ2) is 5.08. The molecule has 0 aliphatic heterocycles. The van der Waals surface area contributed by atoms with E-state index in [4.69, 9.17) is 0 Å². The van der Waals surface area contributed by atoms with Crippen LogP contribution in [-0.2, 0) is 0 Å². The highest BCUT2D eigenvalue weighted by molar-refractivity contribution is 5.97. The Morgan fingerprint density at radius 2 is 1.80 bits per heavy atom. The summed E-state index contributed by atoms with van der Waals surface area (Å²) in [6.07, 6.45) is 0. The van der Waals surface area contributed by atoms with Crippen LogP contribution in [0, 0.1) is 6.92 Å². The second-order valence-electron chi connectivity index (χ2n) is 4.30. The summed E-state index contributed by atoms with van der Waals surface area (Å²) in [5.41, 5.74) is 1.98. The van der Waals surface area contributed by atoms with Crippen LogP contribution in [-0.4, -0.2) is 30.3 Å². The zero-order valence-corrected chi connectivity index (χ0v) is 9.95. The Morgan fingerprint density at radius 3 is 2.27 bits per heavy atom. The van der Waals surface area contributed by atoms with Gasteiger partial charge in [-0.2, -0.15) is 0 Å². The Morgan fingerprint density at radius 1 is 1.27 bits per heavy atom. The lowest BCUT2D eigenvalue weighted by Crippen LogP contribution is -2.31. The molecule has 0 heterocycles. The Kier molecular flexibility index (Phi) is 4.04. The molecule has 0 spiro atoms. The van der Waals surface area contributed by atoms with Crippen LogP contribution in [0.25, 0.3) is 0 Å². The molecule has 0 aliphatic rings. The highest BCUT2D eigenvalue weighted by Gasteiger charge is 2.10. The van der Waals surface area contributed by atoms with Gasteiger partial charge in [-0.15, -0.1) is 0 Å². The molecule has 82 valence electrons. The number of nitrogens with zero attached hydrogens (tertiary/aromatic N) is 1. The maximum atomic E-state index is 11.8. The summed E-state index contributed by atoms with van der Waals surface area (Å²) >= 11 is 0. The third-order valence-corrected chi connectivity index (χ3v) is 2.65. The van der Waals surface area contributed by atoms with Crippen LogP contribution in [0.2, 0.25) is 0 Å². The molecule has 0 atom stereocenters. The van der Waals surface area contributed by atoms with E-state index in [1.165, 1.54) is 5.56 Å². The molecule has 2 nitrogen and oxygen atoms in total. The number of benzene rings is 1. The number of rotatable bonds is 4. The molecule has 0 aliphatic carbocycles. The Bertz CT molecular complexity index is 327. The third kappa shape index (κ3) is 3.48. The van der Waals surface area contributed by atoms with Gasteiger partial charge in [-0.1, -0.05) is 29.8 Å². The van der Waals surface area contributed by atoms with Crippen molar-refractivity contribution >= 4 is 5.78 Å². The molecule has 0 aromatic heterocycles. The molecule has 1 aromatic rings. The summed E-state index contributed by atoms with van der Waals surface area (Å²) in [6.45, 7) is 6.68. The van der Waals surface area contributed by atoms with Gasteiger partial charge in [-0.05, 0) is 27.8 Å². The van der Waals surface area contributed by atoms with E-state index in [9.17, 15) is 4.79 Å². The van der Waals surface area contributed by atoms with E-state index in [1.54, 1.807) is 0 Å². The molecular formula is C13H19NO. The van der Waals surface area contributed by atoms with Crippen LogP contribution in [0.15, 0.2) is 24.3 Å². The normalized spacial score (nSPS) is 11.1. The van der Waals surface area contributed by atoms with Crippen molar-refractivity contribution in [2.75, 3.05) is 13.6 Å². The topological polar surface area (TPSA) is 20.3 Å². The first-order chi connectivity index (χ1) is 7.00. The van der Waals surface area contributed by atoms with E-state index in [-0.39, 0.29) is 5.78 Å². The fourth-order valence-corrected chi connectivity index (χ4v) is 1.24. The van der Waals surface area contributed by atoms with E-state index >= 15 is 0 Å². The standard InChI is InChI=1S/C13H19NO/c1-10(2)14(4)9-13(15)12-7-5-11(3)6-8-12/h5-8,10H,9H2,1-4H3. The van der Waals surface area contributed by atoms with Crippen LogP contribution in [0.3, 0.4) is 0 Å². The minimum absolute atomic E-state index is 0.186. The van der Waals surface area contributed by atoms with Gasteiger partial charge in [0.05, 0.1) is 6.54 Å². The summed E-state index contributed by atoms with van der Waals surface area (Å²) < 4.78 is 0. The van der Waals surface area contributed by atoms with E-state index in [2.05, 4.69) is 13.8 Å². The van der Waals surface area contributed by atoms with Crippen molar-refractivity contribution in [2.24, 2.45) is 0 Å². The first-order valence-electron chi connectivity index (χ1n) is 5.31. The third-order valence-electron chi connectivity index (χ3n) is 2.65. The maximum Gasteiger partial charge on any atom is 0.176 e. The van der Waals surface area contributed by atoms with E-state index < -0.39 is 0 Å². The molecule has 0 fully saturated rings. The summed E-state index contributed by atoms with van der Waals surface area (Å²) in [7, 11) is 1.97. The fourth-order valence-electron chi connectivity index (χ4n) is 1.24. The van der Waals surface area contributed by atoms with Crippen molar-refractivity contribution < 1.29 is 4.79 Å². The average molecular weight is 205 g/mol. The molecule has 0 saturated heterocycles. The minimum atomic E-state index is 0.186. The first kappa shape index (κ1) is 11.9. The van der Waals surface area contributed by atoms with Gasteiger partial charge in [0.15, 0.2) is 5.78 Å². The Hall–Kier alpha value is -1.15. The van der Waals surface area contributed by atoms with Gasteiger partial charge in [0.1, 0.15) is 0 Å². The summed E-state index contributed by atoms with van der Waals surface area (Å²) in [5, 5.41) is 0. The molecule has 0 radical (unpaired) electrons. The van der Waals surface area contributed by atoms with Crippen molar-refractivity contribution in [3.8, 4) is 0 Å². The van der Waals surface area contributed by atoms with E-state index in [1.807, 2.05) is 43.1 Å². The van der Waals surface area contributed by atoms with Gasteiger partial charge >= 0.3 is 0 Å². The molecule has 15 heavy (non-hydrogen) atoms. The maximum absolute atomic E-state index is 11.8. The van der Waals surface area contributed by atoms with Crippen molar-refractivity contribution in [3.05, 3.63) is 35.4 Å². The number of carbonyl (C=O) groups is 1. The number of carbonyl (C=O) groups excluding carboxylic acids is 1. The van der Waals surface area contributed by atoms with Gasteiger partial charge in [-0.3, -0.25) is 9.69 Å². The molecular weight excluding hydrogens is 186 g/mol. The summed E-state index contributed by atoms with van der Waals surface area (Å²) in [6, 6.07) is 8.14. The fraction of sp³-hybridized carbons (Fsp3) is 0.462. The molecule has 1 aromatic carbocycles. The molecule has 1 rings (SSSR count). The number of hydrogen-bond donors (Lipinski definition) is 0. The minimum Gasteiger partial charge on any atom is -0.296 e. The SMILES string of the molecule is Cc1ccc(C(=O)CN(C)C(C)C)cc1. The Labute approximate surface area is 91.9 Å². The average Bonchev–Trinajstić information content (AvgIpc) is 2.18. The van der Waals surface area contributed by atoms with E-state index in [0.29, 0.717) is 12.6 Å². The zero-order valence-electron chi connectivity index (χ0n) is 9.95. The van der Waals surface area contributed by atoms with Crippen molar-refractivity contribution in [2.45, 2.75) is 26.8 Å². The number of hydrogen-bond acceptors (Lipinski definition) is 2. The van der Waals surface area contributed by atoms with Gasteiger partial charge in [0, 0.05) is 11.6 Å². The predicted molar refractivity (Wildman–Crippen MR) is 63.3 cm³/mol. The number of likely N-dealkylation sites (N-methyl/N-ethyl adjacent to an activating group) is 1. The molecule has 0 unspecified atom stereocenters. The molecule has 0 N–H and O–H groups in total. The monoisotopic (exact) mass is 205 g/mol. The quantitative estimate of drug-likeness (QED) is 0.704. The molecule has 0 amide bonds. The smallest absolute Gasteiger partial charge is 0.176 e. The van der Waals surface area contributed by atoms with Crippen LogP contribution in [0.1, 0.15) is 29.8 Å². The lowest BCUT2D eigenvalue weighted by Gasteiger charge is -2.19. The van der Waals surface area contributed by atoms with Gasteiger partial charge < -0.3 is 0 Å². The van der Waals surface area contributed by atoms with Crippen molar-refractivity contribution in [3.63, 3.8) is 0 Å². The van der Waals surface area contributed by atoms with Crippen LogP contribution in [0.5, 0.6) is 0 Å². The zero-order chi connectivity index (χ0) is 11.4. The van der Waals surface area contributed by atoms with Crippen LogP contribution in [0.4, 0.5) is 0 Å². The van der Waals surface area contributed by atoms with Crippen LogP contribution >= 0.6 is 0 Å². The highest BCUT2D eigenvalue weighted by Crippen LogP contribution is 2.05. The molecule has 0 bridgehead atoms. The van der Waals surface area contributed by atoms with Gasteiger partial charge in [-0.25, -0.2) is 0 Å². The summed E-state index contributed by atoms with van der Waals surface area (Å²) in [5.74, 6) is 0.186. The molecule has 0 saturated carbocycles. The predicted octanol–water partition coefficient (Wildman–Crippen LogP) is 2.52.